The highest BCUT2D eigenvalue weighted by Crippen LogP contribution is 2.29. The predicted octanol–water partition coefficient (Wildman–Crippen LogP) is 3.71. The van der Waals surface area contributed by atoms with Gasteiger partial charge in [0, 0.05) is 6.07 Å². The van der Waals surface area contributed by atoms with Gasteiger partial charge in [-0.05, 0) is 31.2 Å². The fourth-order valence-corrected chi connectivity index (χ4v) is 1.72. The van der Waals surface area contributed by atoms with Gasteiger partial charge in [-0.25, -0.2) is 9.18 Å². The number of hydrogen-bond donors (Lipinski definition) is 1. The first kappa shape index (κ1) is 13.9. The van der Waals surface area contributed by atoms with Crippen molar-refractivity contribution in [2.24, 2.45) is 0 Å². The zero-order valence-corrected chi connectivity index (χ0v) is 10.8. The molecule has 5 heteroatoms. The fourth-order valence-electron chi connectivity index (χ4n) is 1.72. The Morgan fingerprint density at radius 1 is 1.20 bits per heavy atom. The van der Waals surface area contributed by atoms with E-state index in [0.717, 1.165) is 6.07 Å². The van der Waals surface area contributed by atoms with E-state index in [0.29, 0.717) is 18.1 Å². The number of carboxylic acid groups (broad SMARTS) is 1. The third-order valence-electron chi connectivity index (χ3n) is 2.53. The average molecular weight is 276 g/mol. The molecule has 20 heavy (non-hydrogen) atoms. The zero-order chi connectivity index (χ0) is 14.5. The summed E-state index contributed by atoms with van der Waals surface area (Å²) in [5, 5.41) is 9.02. The maximum atomic E-state index is 13.5. The van der Waals surface area contributed by atoms with Crippen LogP contribution in [0.4, 0.5) is 4.39 Å². The van der Waals surface area contributed by atoms with E-state index in [4.69, 9.17) is 14.6 Å². The minimum absolute atomic E-state index is 0.0499. The van der Waals surface area contributed by atoms with Crippen LogP contribution in [0.2, 0.25) is 0 Å². The molecule has 1 N–H and O–H groups in total. The molecule has 0 saturated carbocycles. The molecule has 0 fully saturated rings. The number of ether oxygens (including phenoxy) is 2. The van der Waals surface area contributed by atoms with Gasteiger partial charge in [-0.1, -0.05) is 12.1 Å². The van der Waals surface area contributed by atoms with E-state index in [1.54, 1.807) is 24.3 Å². The molecule has 0 amide bonds. The van der Waals surface area contributed by atoms with Crippen LogP contribution < -0.4 is 9.47 Å². The Bertz CT molecular complexity index is 625. The van der Waals surface area contributed by atoms with Crippen LogP contribution in [0.5, 0.6) is 17.2 Å². The van der Waals surface area contributed by atoms with Crippen molar-refractivity contribution in [3.8, 4) is 17.2 Å². The van der Waals surface area contributed by atoms with Gasteiger partial charge in [-0.15, -0.1) is 0 Å². The van der Waals surface area contributed by atoms with Gasteiger partial charge in [0.05, 0.1) is 6.61 Å². The third kappa shape index (κ3) is 3.06. The first-order valence-electron chi connectivity index (χ1n) is 6.04. The van der Waals surface area contributed by atoms with E-state index in [1.165, 1.54) is 12.1 Å². The molecule has 0 bridgehead atoms. The topological polar surface area (TPSA) is 55.8 Å². The van der Waals surface area contributed by atoms with Crippen molar-refractivity contribution < 1.29 is 23.8 Å². The highest BCUT2D eigenvalue weighted by atomic mass is 19.1. The molecule has 104 valence electrons. The van der Waals surface area contributed by atoms with Crippen molar-refractivity contribution in [3.63, 3.8) is 0 Å². The van der Waals surface area contributed by atoms with Crippen LogP contribution in [0, 0.1) is 5.82 Å². The Morgan fingerprint density at radius 2 is 1.90 bits per heavy atom. The molecule has 0 aromatic heterocycles. The van der Waals surface area contributed by atoms with Gasteiger partial charge in [0.1, 0.15) is 28.6 Å². The minimum Gasteiger partial charge on any atom is -0.494 e. The first-order valence-corrected chi connectivity index (χ1v) is 6.04. The van der Waals surface area contributed by atoms with Gasteiger partial charge in [-0.3, -0.25) is 0 Å². The van der Waals surface area contributed by atoms with E-state index in [-0.39, 0.29) is 5.75 Å². The van der Waals surface area contributed by atoms with Crippen LogP contribution in [0.15, 0.2) is 42.5 Å². The van der Waals surface area contributed by atoms with Gasteiger partial charge < -0.3 is 14.6 Å². The molecule has 4 nitrogen and oxygen atoms in total. The summed E-state index contributed by atoms with van der Waals surface area (Å²) in [5.74, 6) is -1.29. The number of carboxylic acids is 1. The SMILES string of the molecule is CCOc1cccc(Oc2cccc(F)c2C(=O)O)c1. The summed E-state index contributed by atoms with van der Waals surface area (Å²) in [4.78, 5) is 11.1. The smallest absolute Gasteiger partial charge is 0.342 e. The summed E-state index contributed by atoms with van der Waals surface area (Å²) in [5.41, 5.74) is -0.491. The summed E-state index contributed by atoms with van der Waals surface area (Å²) < 4.78 is 24.3. The number of halogens is 1. The second-order valence-corrected chi connectivity index (χ2v) is 3.93. The highest BCUT2D eigenvalue weighted by Gasteiger charge is 2.17. The minimum atomic E-state index is -1.38. The zero-order valence-electron chi connectivity index (χ0n) is 10.8. The van der Waals surface area contributed by atoms with E-state index in [2.05, 4.69) is 0 Å². The van der Waals surface area contributed by atoms with Crippen molar-refractivity contribution >= 4 is 5.97 Å². The van der Waals surface area contributed by atoms with Crippen molar-refractivity contribution in [1.29, 1.82) is 0 Å². The van der Waals surface area contributed by atoms with E-state index < -0.39 is 17.3 Å². The number of hydrogen-bond acceptors (Lipinski definition) is 3. The molecule has 0 radical (unpaired) electrons. The lowest BCUT2D eigenvalue weighted by Crippen LogP contribution is -2.03. The molecule has 0 atom stereocenters. The molecule has 0 heterocycles. The summed E-state index contributed by atoms with van der Waals surface area (Å²) >= 11 is 0. The first-order chi connectivity index (χ1) is 9.61. The monoisotopic (exact) mass is 276 g/mol. The van der Waals surface area contributed by atoms with Gasteiger partial charge >= 0.3 is 5.97 Å². The standard InChI is InChI=1S/C15H13FO4/c1-2-19-10-5-3-6-11(9-10)20-13-8-4-7-12(16)14(13)15(17)18/h3-9H,2H2,1H3,(H,17,18). The number of aromatic carboxylic acids is 1. The Morgan fingerprint density at radius 3 is 2.60 bits per heavy atom. The largest absolute Gasteiger partial charge is 0.494 e. The Kier molecular flexibility index (Phi) is 4.20. The number of carbonyl (C=O) groups is 1. The maximum absolute atomic E-state index is 13.5. The summed E-state index contributed by atoms with van der Waals surface area (Å²) in [6, 6.07) is 10.6. The summed E-state index contributed by atoms with van der Waals surface area (Å²) in [7, 11) is 0. The fraction of sp³-hybridized carbons (Fsp3) is 0.133. The second-order valence-electron chi connectivity index (χ2n) is 3.93. The van der Waals surface area contributed by atoms with Crippen molar-refractivity contribution in [2.45, 2.75) is 6.92 Å². The number of rotatable bonds is 5. The highest BCUT2D eigenvalue weighted by molar-refractivity contribution is 5.91. The van der Waals surface area contributed by atoms with Gasteiger partial charge in [-0.2, -0.15) is 0 Å². The maximum Gasteiger partial charge on any atom is 0.342 e. The molecule has 0 unspecified atom stereocenters. The molecule has 0 aliphatic heterocycles. The van der Waals surface area contributed by atoms with Crippen molar-refractivity contribution in [3.05, 3.63) is 53.8 Å². The Balaban J connectivity index is 2.32. The lowest BCUT2D eigenvalue weighted by Gasteiger charge is -2.10. The quantitative estimate of drug-likeness (QED) is 0.904. The van der Waals surface area contributed by atoms with E-state index >= 15 is 0 Å². The van der Waals surface area contributed by atoms with Crippen LogP contribution in [0.1, 0.15) is 17.3 Å². The average Bonchev–Trinajstić information content (AvgIpc) is 2.39. The van der Waals surface area contributed by atoms with Gasteiger partial charge in [0.2, 0.25) is 0 Å². The second kappa shape index (κ2) is 6.06. The lowest BCUT2D eigenvalue weighted by atomic mass is 10.2. The molecule has 2 rings (SSSR count). The van der Waals surface area contributed by atoms with Crippen LogP contribution in [-0.2, 0) is 0 Å². The van der Waals surface area contributed by atoms with Crippen LogP contribution in [0.25, 0.3) is 0 Å². The Labute approximate surface area is 115 Å². The van der Waals surface area contributed by atoms with Crippen LogP contribution >= 0.6 is 0 Å². The number of benzene rings is 2. The molecule has 0 saturated heterocycles. The Hall–Kier alpha value is -2.56. The summed E-state index contributed by atoms with van der Waals surface area (Å²) in [6.45, 7) is 2.35. The third-order valence-corrected chi connectivity index (χ3v) is 2.53. The summed E-state index contributed by atoms with van der Waals surface area (Å²) in [6.07, 6.45) is 0. The van der Waals surface area contributed by atoms with Gasteiger partial charge in [0.25, 0.3) is 0 Å². The molecule has 2 aromatic carbocycles. The molecular weight excluding hydrogens is 263 g/mol. The van der Waals surface area contributed by atoms with E-state index in [9.17, 15) is 9.18 Å². The molecule has 0 spiro atoms. The van der Waals surface area contributed by atoms with Crippen molar-refractivity contribution in [1.82, 2.24) is 0 Å². The molecule has 0 aliphatic carbocycles. The molecule has 0 aliphatic rings. The van der Waals surface area contributed by atoms with Crippen LogP contribution in [-0.4, -0.2) is 17.7 Å². The molecule has 2 aromatic rings. The van der Waals surface area contributed by atoms with Gasteiger partial charge in [0.15, 0.2) is 0 Å². The van der Waals surface area contributed by atoms with Crippen LogP contribution in [0.3, 0.4) is 0 Å². The lowest BCUT2D eigenvalue weighted by molar-refractivity contribution is 0.0689. The normalized spacial score (nSPS) is 10.1. The van der Waals surface area contributed by atoms with Crippen molar-refractivity contribution in [2.75, 3.05) is 6.61 Å². The van der Waals surface area contributed by atoms with E-state index in [1.807, 2.05) is 6.92 Å². The molecular formula is C15H13FO4. The predicted molar refractivity (Wildman–Crippen MR) is 71.0 cm³/mol.